The normalized spacial score (nSPS) is 10.5. The van der Waals surface area contributed by atoms with E-state index in [4.69, 9.17) is 0 Å². The largest absolute Gasteiger partial charge is 0.348 e. The van der Waals surface area contributed by atoms with Gasteiger partial charge in [0, 0.05) is 6.54 Å². The number of amides is 1. The maximum Gasteiger partial charge on any atom is 0.254 e. The number of aryl methyl sites for hydroxylation is 3. The summed E-state index contributed by atoms with van der Waals surface area (Å²) in [6, 6.07) is 7.74. The average molecular weight is 289 g/mol. The number of carbonyl (C=O) groups excluding carboxylic acids is 1. The van der Waals surface area contributed by atoms with Crippen LogP contribution in [0.3, 0.4) is 0 Å². The lowest BCUT2D eigenvalue weighted by Crippen LogP contribution is -2.24. The van der Waals surface area contributed by atoms with Crippen LogP contribution in [0.2, 0.25) is 0 Å². The van der Waals surface area contributed by atoms with E-state index in [0.29, 0.717) is 11.1 Å². The quantitative estimate of drug-likeness (QED) is 0.914. The minimum absolute atomic E-state index is 0.0190. The molecule has 2 rings (SSSR count). The molecule has 0 fully saturated rings. The fourth-order valence-electron chi connectivity index (χ4n) is 2.23. The van der Waals surface area contributed by atoms with Crippen molar-refractivity contribution in [3.8, 4) is 0 Å². The zero-order valence-electron chi connectivity index (χ0n) is 12.3. The number of benzene rings is 2. The summed E-state index contributed by atoms with van der Waals surface area (Å²) in [4.78, 5) is 12.0. The Labute approximate surface area is 122 Å². The molecule has 2 aromatic rings. The van der Waals surface area contributed by atoms with Crippen molar-refractivity contribution in [3.05, 3.63) is 69.8 Å². The van der Waals surface area contributed by atoms with Gasteiger partial charge < -0.3 is 5.32 Å². The van der Waals surface area contributed by atoms with E-state index in [2.05, 4.69) is 5.32 Å². The Morgan fingerprint density at radius 2 is 1.67 bits per heavy atom. The van der Waals surface area contributed by atoms with Gasteiger partial charge in [-0.3, -0.25) is 4.79 Å². The first-order valence-electron chi connectivity index (χ1n) is 6.68. The van der Waals surface area contributed by atoms with Gasteiger partial charge in [-0.05, 0) is 49.6 Å². The van der Waals surface area contributed by atoms with E-state index in [0.717, 1.165) is 11.1 Å². The predicted molar refractivity (Wildman–Crippen MR) is 78.2 cm³/mol. The van der Waals surface area contributed by atoms with E-state index in [1.165, 1.54) is 12.1 Å². The highest BCUT2D eigenvalue weighted by Gasteiger charge is 2.12. The van der Waals surface area contributed by atoms with E-state index >= 15 is 0 Å². The Hall–Kier alpha value is -2.23. The standard InChI is InChI=1S/C17H17F2NO/c1-10-4-5-15(18)14(6-10)17(21)20-9-13-7-11(2)16(19)12(3)8-13/h4-8H,9H2,1-3H3,(H,20,21). The highest BCUT2D eigenvalue weighted by Crippen LogP contribution is 2.15. The minimum atomic E-state index is -0.551. The smallest absolute Gasteiger partial charge is 0.254 e. The van der Waals surface area contributed by atoms with Crippen LogP contribution in [0.4, 0.5) is 8.78 Å². The molecule has 21 heavy (non-hydrogen) atoms. The lowest BCUT2D eigenvalue weighted by atomic mass is 10.1. The highest BCUT2D eigenvalue weighted by atomic mass is 19.1. The number of nitrogens with one attached hydrogen (secondary N) is 1. The third-order valence-electron chi connectivity index (χ3n) is 3.32. The molecule has 0 radical (unpaired) electrons. The third kappa shape index (κ3) is 3.45. The first-order valence-corrected chi connectivity index (χ1v) is 6.68. The van der Waals surface area contributed by atoms with Crippen molar-refractivity contribution in [1.82, 2.24) is 5.32 Å². The van der Waals surface area contributed by atoms with Gasteiger partial charge in [-0.1, -0.05) is 23.8 Å². The van der Waals surface area contributed by atoms with E-state index in [1.807, 2.05) is 0 Å². The molecule has 0 heterocycles. The maximum absolute atomic E-state index is 13.6. The molecule has 1 N–H and O–H groups in total. The number of carbonyl (C=O) groups is 1. The van der Waals surface area contributed by atoms with Crippen molar-refractivity contribution in [3.63, 3.8) is 0 Å². The summed E-state index contributed by atoms with van der Waals surface area (Å²) in [6.45, 7) is 5.37. The number of halogens is 2. The first-order chi connectivity index (χ1) is 9.88. The third-order valence-corrected chi connectivity index (χ3v) is 3.32. The predicted octanol–water partition coefficient (Wildman–Crippen LogP) is 3.82. The van der Waals surface area contributed by atoms with Crippen molar-refractivity contribution in [2.24, 2.45) is 0 Å². The maximum atomic E-state index is 13.6. The Morgan fingerprint density at radius 3 is 2.29 bits per heavy atom. The Kier molecular flexibility index (Phi) is 4.36. The summed E-state index contributed by atoms with van der Waals surface area (Å²) < 4.78 is 27.2. The molecule has 0 aliphatic rings. The Balaban J connectivity index is 2.13. The summed E-state index contributed by atoms with van der Waals surface area (Å²) in [5.41, 5.74) is 2.68. The van der Waals surface area contributed by atoms with Crippen molar-refractivity contribution >= 4 is 5.91 Å². The van der Waals surface area contributed by atoms with E-state index in [9.17, 15) is 13.6 Å². The molecule has 0 aliphatic heterocycles. The molecule has 0 atom stereocenters. The monoisotopic (exact) mass is 289 g/mol. The zero-order valence-corrected chi connectivity index (χ0v) is 12.3. The lowest BCUT2D eigenvalue weighted by molar-refractivity contribution is 0.0946. The van der Waals surface area contributed by atoms with Crippen LogP contribution in [-0.4, -0.2) is 5.91 Å². The van der Waals surface area contributed by atoms with Gasteiger partial charge >= 0.3 is 0 Å². The molecule has 0 bridgehead atoms. The van der Waals surface area contributed by atoms with Crippen molar-refractivity contribution < 1.29 is 13.6 Å². The van der Waals surface area contributed by atoms with E-state index < -0.39 is 11.7 Å². The van der Waals surface area contributed by atoms with Gasteiger partial charge in [0.1, 0.15) is 11.6 Å². The molecule has 0 unspecified atom stereocenters. The molecule has 4 heteroatoms. The van der Waals surface area contributed by atoms with Gasteiger partial charge in [-0.2, -0.15) is 0 Å². The number of hydrogen-bond donors (Lipinski definition) is 1. The molecule has 110 valence electrons. The average Bonchev–Trinajstić information content (AvgIpc) is 2.44. The molecular formula is C17H17F2NO. The van der Waals surface area contributed by atoms with Crippen LogP contribution in [0.5, 0.6) is 0 Å². The van der Waals surface area contributed by atoms with Crippen LogP contribution in [-0.2, 0) is 6.54 Å². The molecule has 2 aromatic carbocycles. The number of hydrogen-bond acceptors (Lipinski definition) is 1. The van der Waals surface area contributed by atoms with E-state index in [-0.39, 0.29) is 17.9 Å². The summed E-state index contributed by atoms with van der Waals surface area (Å²) in [5.74, 6) is -1.27. The van der Waals surface area contributed by atoms with Crippen LogP contribution in [0.1, 0.15) is 32.6 Å². The van der Waals surface area contributed by atoms with Crippen LogP contribution in [0.25, 0.3) is 0 Å². The molecule has 0 aliphatic carbocycles. The van der Waals surface area contributed by atoms with Crippen LogP contribution in [0.15, 0.2) is 30.3 Å². The van der Waals surface area contributed by atoms with Crippen LogP contribution in [0, 0.1) is 32.4 Å². The van der Waals surface area contributed by atoms with Gasteiger partial charge in [0.05, 0.1) is 5.56 Å². The SMILES string of the molecule is Cc1ccc(F)c(C(=O)NCc2cc(C)c(F)c(C)c2)c1. The first kappa shape index (κ1) is 15.2. The molecule has 0 saturated heterocycles. The van der Waals surface area contributed by atoms with Crippen LogP contribution >= 0.6 is 0 Å². The van der Waals surface area contributed by atoms with Crippen molar-refractivity contribution in [2.45, 2.75) is 27.3 Å². The van der Waals surface area contributed by atoms with Gasteiger partial charge in [-0.15, -0.1) is 0 Å². The summed E-state index contributed by atoms with van der Waals surface area (Å²) in [5, 5.41) is 2.66. The van der Waals surface area contributed by atoms with Crippen molar-refractivity contribution in [1.29, 1.82) is 0 Å². The molecule has 0 spiro atoms. The second-order valence-corrected chi connectivity index (χ2v) is 5.21. The summed E-state index contributed by atoms with van der Waals surface area (Å²) in [6.07, 6.45) is 0. The fraction of sp³-hybridized carbons (Fsp3) is 0.235. The second-order valence-electron chi connectivity index (χ2n) is 5.21. The van der Waals surface area contributed by atoms with E-state index in [1.54, 1.807) is 39.0 Å². The van der Waals surface area contributed by atoms with Crippen LogP contribution < -0.4 is 5.32 Å². The molecule has 0 saturated carbocycles. The minimum Gasteiger partial charge on any atom is -0.348 e. The topological polar surface area (TPSA) is 29.1 Å². The second kappa shape index (κ2) is 6.04. The molecule has 2 nitrogen and oxygen atoms in total. The van der Waals surface area contributed by atoms with Gasteiger partial charge in [0.25, 0.3) is 5.91 Å². The summed E-state index contributed by atoms with van der Waals surface area (Å²) in [7, 11) is 0. The Morgan fingerprint density at radius 1 is 1.05 bits per heavy atom. The van der Waals surface area contributed by atoms with Gasteiger partial charge in [0.15, 0.2) is 0 Å². The molecular weight excluding hydrogens is 272 g/mol. The molecule has 0 aromatic heterocycles. The van der Waals surface area contributed by atoms with Gasteiger partial charge in [0.2, 0.25) is 0 Å². The number of rotatable bonds is 3. The van der Waals surface area contributed by atoms with Gasteiger partial charge in [-0.25, -0.2) is 8.78 Å². The Bertz CT molecular complexity index is 672. The highest BCUT2D eigenvalue weighted by molar-refractivity contribution is 5.94. The van der Waals surface area contributed by atoms with Crippen molar-refractivity contribution in [2.75, 3.05) is 0 Å². The lowest BCUT2D eigenvalue weighted by Gasteiger charge is -2.09. The summed E-state index contributed by atoms with van der Waals surface area (Å²) >= 11 is 0. The fourth-order valence-corrected chi connectivity index (χ4v) is 2.23. The molecule has 1 amide bonds. The zero-order chi connectivity index (χ0) is 15.6.